The normalized spacial score (nSPS) is 39.0. The SMILES string of the molecule is C=C(C)C(=O)OC1(C)CC2CC1C1CCCC21.C=C(C)C(=O)OC1(C)CC2CCC1(C)C2(C)C.C=C(C)C(=O)OC1(C)CC2CCC1C2.C=C(C)C(=O)OC1(C)CCCCCC1.C=CC(=O)OC1(C)CC2CC1C1CCCC21.C=CC(=O)OC1(C)CC2CCC1(C)C2(C)C.C=CC(=O)OC1(C)CC2CCC1C2.C=CC(=O)OC1(C)CCCCCCC1. The number of carbonyl (C=O) groups excluding carboxylic acids is 8. The van der Waals surface area contributed by atoms with Gasteiger partial charge in [0.2, 0.25) is 0 Å². The van der Waals surface area contributed by atoms with E-state index in [0.29, 0.717) is 57.8 Å². The minimum atomic E-state index is -0.324. The van der Waals surface area contributed by atoms with Gasteiger partial charge in [-0.25, -0.2) is 38.4 Å². The van der Waals surface area contributed by atoms with Crippen molar-refractivity contribution in [2.75, 3.05) is 0 Å². The molecule has 0 saturated heterocycles. The smallest absolute Gasteiger partial charge is 0.333 e. The number of carbonyl (C=O) groups is 8. The first kappa shape index (κ1) is 98.5. The van der Waals surface area contributed by atoms with Crippen LogP contribution < -0.4 is 0 Å². The van der Waals surface area contributed by atoms with E-state index in [4.69, 9.17) is 37.9 Å². The Morgan fingerprint density at radius 2 is 0.587 bits per heavy atom. The summed E-state index contributed by atoms with van der Waals surface area (Å²) < 4.78 is 44.7. The Labute approximate surface area is 730 Å². The minimum absolute atomic E-state index is 0.0930. The average molecular weight is 1680 g/mol. The lowest BCUT2D eigenvalue weighted by Gasteiger charge is -2.45. The lowest BCUT2D eigenvalue weighted by atomic mass is 9.65. The maximum Gasteiger partial charge on any atom is 0.333 e. The molecule has 121 heavy (non-hydrogen) atoms. The Hall–Kier alpha value is -6.32. The number of fused-ring (bicyclic) bond motifs is 18. The molecule has 16 rings (SSSR count). The number of esters is 8. The van der Waals surface area contributed by atoms with Crippen LogP contribution in [0.5, 0.6) is 0 Å². The second kappa shape index (κ2) is 38.9. The Bertz CT molecular complexity index is 3840. The van der Waals surface area contributed by atoms with Gasteiger partial charge in [-0.1, -0.05) is 139 Å². The van der Waals surface area contributed by atoms with Crippen LogP contribution in [-0.4, -0.2) is 92.6 Å². The third-order valence-corrected chi connectivity index (χ3v) is 35.5. The van der Waals surface area contributed by atoms with Crippen LogP contribution in [0.1, 0.15) is 362 Å². The Kier molecular flexibility index (Phi) is 31.6. The van der Waals surface area contributed by atoms with E-state index in [-0.39, 0.29) is 114 Å². The van der Waals surface area contributed by atoms with Crippen LogP contribution in [0.2, 0.25) is 0 Å². The quantitative estimate of drug-likeness (QED) is 0.0609. The maximum absolute atomic E-state index is 11.8. The maximum atomic E-state index is 11.8. The second-order valence-corrected chi connectivity index (χ2v) is 44.3. The molecule has 0 spiro atoms. The van der Waals surface area contributed by atoms with E-state index in [1.807, 2.05) is 13.8 Å². The van der Waals surface area contributed by atoms with Gasteiger partial charge in [0.1, 0.15) is 44.8 Å². The summed E-state index contributed by atoms with van der Waals surface area (Å²) in [6.07, 6.45) is 49.7. The van der Waals surface area contributed by atoms with Crippen molar-refractivity contribution in [3.8, 4) is 0 Å². The second-order valence-electron chi connectivity index (χ2n) is 44.3. The highest BCUT2D eigenvalue weighted by Gasteiger charge is 2.71. The molecule has 16 aliphatic carbocycles. The molecule has 16 heteroatoms. The highest BCUT2D eigenvalue weighted by atomic mass is 16.6. The van der Waals surface area contributed by atoms with Crippen LogP contribution in [0, 0.1) is 105 Å². The number of hydrogen-bond acceptors (Lipinski definition) is 16. The van der Waals surface area contributed by atoms with Crippen LogP contribution in [0.3, 0.4) is 0 Å². The first-order valence-electron chi connectivity index (χ1n) is 47.4. The van der Waals surface area contributed by atoms with Gasteiger partial charge in [0, 0.05) is 69.3 Å². The molecule has 12 bridgehead atoms. The number of rotatable bonds is 16. The molecule has 16 fully saturated rings. The number of hydrogen-bond donors (Lipinski definition) is 0. The summed E-state index contributed by atoms with van der Waals surface area (Å²) in [5.41, 5.74) is 0.843. The molecule has 0 amide bonds. The van der Waals surface area contributed by atoms with Crippen LogP contribution >= 0.6 is 0 Å². The zero-order chi connectivity index (χ0) is 89.7. The standard InChI is InChI=1S/C15H22O2.C15H24O2.C14H20O2.C14H22O2.C12H18O2.2C12H20O2.C11H16O2/c1-9(2)14(16)17-15(3)8-10-7-13(15)12-6-4-5-11(10)12;1-10(2)12(16)17-15(6)9-11-7-8-14(15,5)13(11,3)4;1-3-13(15)16-14(2)8-9-7-12(14)11-6-4-5-10(9)11;1-6-11(15)16-14(5)9-10-7-8-13(14,4)12(10,2)3;1-8(2)11(13)14-12(3)7-9-4-5-10(12)6-9;1-10(2)11(13)14-12(3)8-6-4-5-7-9-12;1-3-11(13)14-12(2)9-7-5-4-6-8-10-12;1-3-10(12)13-11(2)7-8-4-5-9(11)6-8/h10-13H,1,4-8H2,2-3H3;11H,1,7-9H2,2-6H3;3,9-12H,1,4-8H2,2H3;6,10H,1,7-9H2,2-5H3;9-10H,1,4-7H2,2-3H3;1,4-9H2,2-3H3;3H,1,4-10H2,2H3;3,8-9H,1,4-7H2,2H3. The number of ether oxygens (including phenoxy) is 8. The molecular weight excluding hydrogens is 1520 g/mol. The molecule has 0 heterocycles. The molecule has 22 atom stereocenters. The van der Waals surface area contributed by atoms with Crippen molar-refractivity contribution < 1.29 is 76.3 Å². The van der Waals surface area contributed by atoms with Gasteiger partial charge in [0.15, 0.2) is 0 Å². The topological polar surface area (TPSA) is 210 Å². The fourth-order valence-corrected chi connectivity index (χ4v) is 27.5. The summed E-state index contributed by atoms with van der Waals surface area (Å²) in [6, 6.07) is 0. The highest BCUT2D eigenvalue weighted by molar-refractivity contribution is 5.89. The van der Waals surface area contributed by atoms with Crippen LogP contribution in [0.25, 0.3) is 0 Å². The molecular formula is C105H162O16. The lowest BCUT2D eigenvalue weighted by Crippen LogP contribution is -2.48. The zero-order valence-corrected chi connectivity index (χ0v) is 78.7. The Balaban J connectivity index is 0.000000157. The molecule has 16 saturated carbocycles. The van der Waals surface area contributed by atoms with Gasteiger partial charge < -0.3 is 37.9 Å². The van der Waals surface area contributed by atoms with E-state index in [1.54, 1.807) is 27.7 Å². The molecule has 0 aromatic carbocycles. The van der Waals surface area contributed by atoms with E-state index < -0.39 is 0 Å². The van der Waals surface area contributed by atoms with E-state index in [0.717, 1.165) is 124 Å². The fraction of sp³-hybridized carbons (Fsp3) is 0.771. The summed E-state index contributed by atoms with van der Waals surface area (Å²) >= 11 is 0. The van der Waals surface area contributed by atoms with Crippen molar-refractivity contribution in [1.82, 2.24) is 0 Å². The van der Waals surface area contributed by atoms with Crippen molar-refractivity contribution in [3.05, 3.63) is 99.2 Å². The van der Waals surface area contributed by atoms with Crippen molar-refractivity contribution in [2.24, 2.45) is 105 Å². The van der Waals surface area contributed by atoms with E-state index in [2.05, 4.69) is 136 Å². The minimum Gasteiger partial charge on any atom is -0.456 e. The molecule has 678 valence electrons. The Morgan fingerprint density at radius 1 is 0.281 bits per heavy atom. The van der Waals surface area contributed by atoms with Crippen molar-refractivity contribution in [3.63, 3.8) is 0 Å². The van der Waals surface area contributed by atoms with Crippen LogP contribution in [0.15, 0.2) is 99.2 Å². The average Bonchev–Trinajstić information content (AvgIpc) is 1.54. The van der Waals surface area contributed by atoms with E-state index >= 15 is 0 Å². The lowest BCUT2D eigenvalue weighted by molar-refractivity contribution is -0.170. The van der Waals surface area contributed by atoms with E-state index in [9.17, 15) is 38.4 Å². The molecule has 16 aliphatic rings. The van der Waals surface area contributed by atoms with Gasteiger partial charge in [-0.05, 0) is 358 Å². The predicted molar refractivity (Wildman–Crippen MR) is 479 cm³/mol. The van der Waals surface area contributed by atoms with Gasteiger partial charge in [-0.3, -0.25) is 0 Å². The molecule has 0 aliphatic heterocycles. The van der Waals surface area contributed by atoms with Crippen LogP contribution in [-0.2, 0) is 76.3 Å². The highest BCUT2D eigenvalue weighted by Crippen LogP contribution is 2.73. The first-order valence-corrected chi connectivity index (χ1v) is 47.4. The summed E-state index contributed by atoms with van der Waals surface area (Å²) in [7, 11) is 0. The van der Waals surface area contributed by atoms with Crippen LogP contribution in [0.4, 0.5) is 0 Å². The third kappa shape index (κ3) is 21.5. The summed E-state index contributed by atoms with van der Waals surface area (Å²) in [6.45, 7) is 65.8. The van der Waals surface area contributed by atoms with Gasteiger partial charge in [0.05, 0.1) is 0 Å². The monoisotopic (exact) mass is 1680 g/mol. The molecule has 0 aromatic rings. The molecule has 0 radical (unpaired) electrons. The molecule has 16 nitrogen and oxygen atoms in total. The third-order valence-electron chi connectivity index (χ3n) is 35.5. The summed E-state index contributed by atoms with van der Waals surface area (Å²) in [5.74, 6) is 8.58. The fourth-order valence-electron chi connectivity index (χ4n) is 27.5. The van der Waals surface area contributed by atoms with Crippen molar-refractivity contribution in [2.45, 2.75) is 407 Å². The predicted octanol–water partition coefficient (Wildman–Crippen LogP) is 24.7. The largest absolute Gasteiger partial charge is 0.456 e. The summed E-state index contributed by atoms with van der Waals surface area (Å²) in [5, 5.41) is 0. The van der Waals surface area contributed by atoms with Gasteiger partial charge in [-0.15, -0.1) is 0 Å². The molecule has 0 N–H and O–H groups in total. The van der Waals surface area contributed by atoms with Gasteiger partial charge in [0.25, 0.3) is 0 Å². The first-order chi connectivity index (χ1) is 56.4. The molecule has 22 unspecified atom stereocenters. The van der Waals surface area contributed by atoms with Crippen molar-refractivity contribution >= 4 is 47.8 Å². The van der Waals surface area contributed by atoms with Gasteiger partial charge in [-0.2, -0.15) is 0 Å². The zero-order valence-electron chi connectivity index (χ0n) is 78.7. The van der Waals surface area contributed by atoms with E-state index in [1.165, 1.54) is 185 Å². The van der Waals surface area contributed by atoms with Gasteiger partial charge >= 0.3 is 47.8 Å². The Morgan fingerprint density at radius 3 is 0.926 bits per heavy atom. The van der Waals surface area contributed by atoms with Crippen molar-refractivity contribution in [1.29, 1.82) is 0 Å². The summed E-state index contributed by atoms with van der Waals surface area (Å²) in [4.78, 5) is 91.5. The molecule has 0 aromatic heterocycles.